The van der Waals surface area contributed by atoms with E-state index in [1.165, 1.54) is 24.4 Å². The molecular weight excluding hydrogens is 248 g/mol. The van der Waals surface area contributed by atoms with Crippen molar-refractivity contribution in [1.29, 1.82) is 0 Å². The molecule has 2 rings (SSSR count). The number of nitrogens with zero attached hydrogens (tertiary/aromatic N) is 1. The molecule has 0 amide bonds. The predicted octanol–water partition coefficient (Wildman–Crippen LogP) is 1.91. The molecule has 100 valence electrons. The van der Waals surface area contributed by atoms with Gasteiger partial charge < -0.3 is 11.5 Å². The molecule has 19 heavy (non-hydrogen) atoms. The van der Waals surface area contributed by atoms with Crippen LogP contribution in [0.2, 0.25) is 0 Å². The molecule has 0 spiro atoms. The molecule has 1 aromatic heterocycles. The van der Waals surface area contributed by atoms with E-state index in [0.29, 0.717) is 11.1 Å². The maximum Gasteiger partial charge on any atom is 0.213 e. The molecule has 2 aromatic rings. The first-order valence-electron chi connectivity index (χ1n) is 5.87. The number of pyridine rings is 1. The SMILES string of the molecule is C[C@H](N)C(N)(c1ccc(F)cc1)c1ccnc(F)c1. The van der Waals surface area contributed by atoms with Crippen molar-refractivity contribution in [3.05, 3.63) is 65.5 Å². The van der Waals surface area contributed by atoms with Gasteiger partial charge >= 0.3 is 0 Å². The largest absolute Gasteiger partial charge is 0.326 e. The van der Waals surface area contributed by atoms with E-state index in [1.807, 2.05) is 0 Å². The van der Waals surface area contributed by atoms with Gasteiger partial charge in [0.05, 0.1) is 5.54 Å². The molecule has 0 aliphatic rings. The Morgan fingerprint density at radius 2 is 1.74 bits per heavy atom. The summed E-state index contributed by atoms with van der Waals surface area (Å²) in [6.45, 7) is 1.72. The zero-order valence-electron chi connectivity index (χ0n) is 10.5. The van der Waals surface area contributed by atoms with Crippen molar-refractivity contribution < 1.29 is 8.78 Å². The summed E-state index contributed by atoms with van der Waals surface area (Å²) in [6.07, 6.45) is 1.33. The summed E-state index contributed by atoms with van der Waals surface area (Å²) < 4.78 is 26.3. The third kappa shape index (κ3) is 2.47. The van der Waals surface area contributed by atoms with Crippen molar-refractivity contribution >= 4 is 0 Å². The third-order valence-corrected chi connectivity index (χ3v) is 3.24. The van der Waals surface area contributed by atoms with E-state index < -0.39 is 17.5 Å². The summed E-state index contributed by atoms with van der Waals surface area (Å²) in [4.78, 5) is 3.50. The second kappa shape index (κ2) is 5.03. The number of aromatic nitrogens is 1. The van der Waals surface area contributed by atoms with Gasteiger partial charge in [-0.2, -0.15) is 4.39 Å². The summed E-state index contributed by atoms with van der Waals surface area (Å²) in [7, 11) is 0. The lowest BCUT2D eigenvalue weighted by atomic mass is 9.79. The summed E-state index contributed by atoms with van der Waals surface area (Å²) in [5.41, 5.74) is 12.3. The van der Waals surface area contributed by atoms with Crippen LogP contribution in [0, 0.1) is 11.8 Å². The molecule has 0 bridgehead atoms. The van der Waals surface area contributed by atoms with Gasteiger partial charge in [0.25, 0.3) is 0 Å². The third-order valence-electron chi connectivity index (χ3n) is 3.24. The summed E-state index contributed by atoms with van der Waals surface area (Å²) in [6, 6.07) is 8.07. The number of benzene rings is 1. The van der Waals surface area contributed by atoms with E-state index in [2.05, 4.69) is 4.98 Å². The highest BCUT2D eigenvalue weighted by atomic mass is 19.1. The van der Waals surface area contributed by atoms with Crippen LogP contribution in [0.5, 0.6) is 0 Å². The van der Waals surface area contributed by atoms with Crippen LogP contribution in [0.4, 0.5) is 8.78 Å². The summed E-state index contributed by atoms with van der Waals surface area (Å²) in [5.74, 6) is -0.994. The second-order valence-corrected chi connectivity index (χ2v) is 4.53. The molecule has 4 N–H and O–H groups in total. The van der Waals surface area contributed by atoms with Gasteiger partial charge in [0.1, 0.15) is 5.82 Å². The molecule has 1 unspecified atom stereocenters. The van der Waals surface area contributed by atoms with E-state index in [0.717, 1.165) is 0 Å². The molecule has 0 aliphatic heterocycles. The Morgan fingerprint density at radius 1 is 1.11 bits per heavy atom. The first kappa shape index (κ1) is 13.6. The van der Waals surface area contributed by atoms with E-state index in [1.54, 1.807) is 25.1 Å². The van der Waals surface area contributed by atoms with Crippen LogP contribution in [-0.4, -0.2) is 11.0 Å². The van der Waals surface area contributed by atoms with Crippen LogP contribution in [0.15, 0.2) is 42.6 Å². The minimum Gasteiger partial charge on any atom is -0.326 e. The smallest absolute Gasteiger partial charge is 0.213 e. The van der Waals surface area contributed by atoms with Crippen LogP contribution in [0.3, 0.4) is 0 Å². The van der Waals surface area contributed by atoms with E-state index in [4.69, 9.17) is 11.5 Å². The first-order chi connectivity index (χ1) is 8.94. The van der Waals surface area contributed by atoms with Gasteiger partial charge in [0.2, 0.25) is 5.95 Å². The van der Waals surface area contributed by atoms with E-state index in [9.17, 15) is 8.78 Å². The van der Waals surface area contributed by atoms with Gasteiger partial charge in [-0.25, -0.2) is 9.37 Å². The van der Waals surface area contributed by atoms with Crippen LogP contribution < -0.4 is 11.5 Å². The normalized spacial score (nSPS) is 15.8. The highest BCUT2D eigenvalue weighted by molar-refractivity contribution is 5.39. The van der Waals surface area contributed by atoms with Gasteiger partial charge in [-0.3, -0.25) is 0 Å². The van der Waals surface area contributed by atoms with Crippen molar-refractivity contribution in [2.24, 2.45) is 11.5 Å². The molecule has 1 aromatic carbocycles. The Hall–Kier alpha value is -1.85. The summed E-state index contributed by atoms with van der Waals surface area (Å²) >= 11 is 0. The van der Waals surface area contributed by atoms with E-state index >= 15 is 0 Å². The van der Waals surface area contributed by atoms with Gasteiger partial charge in [-0.1, -0.05) is 12.1 Å². The van der Waals surface area contributed by atoms with Crippen LogP contribution in [0.1, 0.15) is 18.1 Å². The molecule has 0 saturated carbocycles. The quantitative estimate of drug-likeness (QED) is 0.831. The van der Waals surface area contributed by atoms with Crippen molar-refractivity contribution in [1.82, 2.24) is 4.98 Å². The Kier molecular flexibility index (Phi) is 3.59. The van der Waals surface area contributed by atoms with Gasteiger partial charge in [0, 0.05) is 12.2 Å². The van der Waals surface area contributed by atoms with Crippen molar-refractivity contribution in [2.75, 3.05) is 0 Å². The number of hydrogen-bond donors (Lipinski definition) is 2. The second-order valence-electron chi connectivity index (χ2n) is 4.53. The molecule has 2 atom stereocenters. The zero-order chi connectivity index (χ0) is 14.0. The Labute approximate surface area is 110 Å². The van der Waals surface area contributed by atoms with Crippen LogP contribution in [0.25, 0.3) is 0 Å². The minimum absolute atomic E-state index is 0.364. The molecular formula is C14H15F2N3. The fourth-order valence-corrected chi connectivity index (χ4v) is 2.08. The molecule has 5 heteroatoms. The number of hydrogen-bond acceptors (Lipinski definition) is 3. The van der Waals surface area contributed by atoms with E-state index in [-0.39, 0.29) is 5.82 Å². The van der Waals surface area contributed by atoms with Crippen LogP contribution >= 0.6 is 0 Å². The first-order valence-corrected chi connectivity index (χ1v) is 5.87. The number of halogens is 2. The fraction of sp³-hybridized carbons (Fsp3) is 0.214. The van der Waals surface area contributed by atoms with Crippen molar-refractivity contribution in [3.63, 3.8) is 0 Å². The Morgan fingerprint density at radius 3 is 2.26 bits per heavy atom. The monoisotopic (exact) mass is 263 g/mol. The Balaban J connectivity index is 2.58. The zero-order valence-corrected chi connectivity index (χ0v) is 10.5. The van der Waals surface area contributed by atoms with Crippen molar-refractivity contribution in [3.8, 4) is 0 Å². The average molecular weight is 263 g/mol. The lowest BCUT2D eigenvalue weighted by Crippen LogP contribution is -2.51. The van der Waals surface area contributed by atoms with Gasteiger partial charge in [0.15, 0.2) is 0 Å². The standard InChI is InChI=1S/C14H15F2N3/c1-9(17)14(18,10-2-4-12(15)5-3-10)11-6-7-19-13(16)8-11/h2-9H,17-18H2,1H3/t9-,14?/m0/s1. The maximum atomic E-state index is 13.3. The number of rotatable bonds is 3. The number of nitrogens with two attached hydrogens (primary N) is 2. The highest BCUT2D eigenvalue weighted by Crippen LogP contribution is 2.29. The van der Waals surface area contributed by atoms with Gasteiger partial charge in [-0.15, -0.1) is 0 Å². The van der Waals surface area contributed by atoms with Gasteiger partial charge in [-0.05, 0) is 42.3 Å². The van der Waals surface area contributed by atoms with Crippen molar-refractivity contribution in [2.45, 2.75) is 18.5 Å². The fourth-order valence-electron chi connectivity index (χ4n) is 2.08. The molecule has 0 radical (unpaired) electrons. The minimum atomic E-state index is -1.10. The molecule has 0 fully saturated rings. The topological polar surface area (TPSA) is 64.9 Å². The summed E-state index contributed by atoms with van der Waals surface area (Å²) in [5, 5.41) is 0. The maximum absolute atomic E-state index is 13.3. The molecule has 3 nitrogen and oxygen atoms in total. The Bertz CT molecular complexity index is 569. The lowest BCUT2D eigenvalue weighted by Gasteiger charge is -2.34. The predicted molar refractivity (Wildman–Crippen MR) is 69.2 cm³/mol. The van der Waals surface area contributed by atoms with Crippen LogP contribution in [-0.2, 0) is 5.54 Å². The average Bonchev–Trinajstić information content (AvgIpc) is 2.38. The molecule has 1 heterocycles. The molecule has 0 aliphatic carbocycles. The highest BCUT2D eigenvalue weighted by Gasteiger charge is 2.34. The lowest BCUT2D eigenvalue weighted by molar-refractivity contribution is 0.440. The molecule has 0 saturated heterocycles.